The van der Waals surface area contributed by atoms with Crippen LogP contribution in [-0.4, -0.2) is 89.0 Å². The highest BCUT2D eigenvalue weighted by Crippen LogP contribution is 2.46. The zero-order valence-corrected chi connectivity index (χ0v) is 30.0. The van der Waals surface area contributed by atoms with Crippen LogP contribution in [0.2, 0.25) is 0 Å². The fourth-order valence-corrected chi connectivity index (χ4v) is 7.92. The molecule has 0 bridgehead atoms. The molecule has 2 aliphatic carbocycles. The summed E-state index contributed by atoms with van der Waals surface area (Å²) >= 11 is 3.58. The van der Waals surface area contributed by atoms with Crippen LogP contribution >= 0.6 is 15.9 Å². The van der Waals surface area contributed by atoms with Crippen molar-refractivity contribution < 1.29 is 43.2 Å². The minimum atomic E-state index is -1.44. The molecule has 6 rings (SSSR count). The zero-order chi connectivity index (χ0) is 35.4. The third-order valence-corrected chi connectivity index (χ3v) is 10.9. The average Bonchev–Trinajstić information content (AvgIpc) is 3.36. The van der Waals surface area contributed by atoms with E-state index >= 15 is 0 Å². The summed E-state index contributed by atoms with van der Waals surface area (Å²) in [4.78, 5) is 60.0. The Kier molecular flexibility index (Phi) is 11.0. The number of halogens is 1. The number of carbonyl (C=O) groups excluding carboxylic acids is 3. The summed E-state index contributed by atoms with van der Waals surface area (Å²) in [7, 11) is 1.56. The smallest absolute Gasteiger partial charge is 0.408 e. The number of aliphatic carboxylic acids is 1. The van der Waals surface area contributed by atoms with Crippen molar-refractivity contribution in [3.63, 3.8) is 0 Å². The highest BCUT2D eigenvalue weighted by molar-refractivity contribution is 9.10. The molecule has 4 aliphatic rings. The Hall–Kier alpha value is -4.07. The van der Waals surface area contributed by atoms with Crippen LogP contribution in [0.5, 0.6) is 17.4 Å². The van der Waals surface area contributed by atoms with Crippen LogP contribution in [-0.2, 0) is 19.1 Å². The van der Waals surface area contributed by atoms with E-state index in [0.29, 0.717) is 52.2 Å². The molecule has 1 aromatic heterocycles. The molecule has 2 saturated carbocycles. The van der Waals surface area contributed by atoms with Crippen LogP contribution in [0.4, 0.5) is 4.79 Å². The van der Waals surface area contributed by atoms with E-state index < -0.39 is 47.6 Å². The summed E-state index contributed by atoms with van der Waals surface area (Å²) in [5, 5.41) is 16.5. The second kappa shape index (κ2) is 15.4. The van der Waals surface area contributed by atoms with Gasteiger partial charge in [0.05, 0.1) is 30.3 Å². The molecule has 3 heterocycles. The largest absolute Gasteiger partial charge is 0.495 e. The van der Waals surface area contributed by atoms with Crippen LogP contribution in [0.1, 0.15) is 77.6 Å². The van der Waals surface area contributed by atoms with Gasteiger partial charge in [-0.05, 0) is 86.4 Å². The topological polar surface area (TPSA) is 166 Å². The Morgan fingerprint density at radius 2 is 1.88 bits per heavy atom. The van der Waals surface area contributed by atoms with Crippen molar-refractivity contribution in [3.8, 4) is 17.4 Å². The number of ether oxygens (including phenoxy) is 4. The predicted octanol–water partition coefficient (Wildman–Crippen LogP) is 5.27. The van der Waals surface area contributed by atoms with Crippen molar-refractivity contribution in [1.82, 2.24) is 20.5 Å². The molecule has 1 saturated heterocycles. The molecule has 0 unspecified atom stereocenters. The first-order valence-electron chi connectivity index (χ1n) is 17.6. The minimum absolute atomic E-state index is 0.0291. The number of methoxy groups -OCH3 is 1. The lowest BCUT2D eigenvalue weighted by atomic mass is 10.0. The molecule has 50 heavy (non-hydrogen) atoms. The molecule has 3 amide bonds. The fraction of sp³-hybridized carbons (Fsp3) is 0.583. The Morgan fingerprint density at radius 3 is 2.62 bits per heavy atom. The number of pyridine rings is 1. The van der Waals surface area contributed by atoms with Crippen LogP contribution in [0.3, 0.4) is 0 Å². The second-order valence-corrected chi connectivity index (χ2v) is 14.3. The lowest BCUT2D eigenvalue weighted by Crippen LogP contribution is -2.56. The molecule has 2 aliphatic heterocycles. The number of allylic oxidation sites excluding steroid dienone is 1. The van der Waals surface area contributed by atoms with Gasteiger partial charge in [-0.2, -0.15) is 0 Å². The van der Waals surface area contributed by atoms with E-state index in [-0.39, 0.29) is 31.4 Å². The number of nitrogens with one attached hydrogen (secondary N) is 2. The highest BCUT2D eigenvalue weighted by atomic mass is 79.9. The number of amides is 3. The Morgan fingerprint density at radius 1 is 1.10 bits per heavy atom. The monoisotopic (exact) mass is 756 g/mol. The van der Waals surface area contributed by atoms with Gasteiger partial charge in [-0.1, -0.05) is 25.0 Å². The van der Waals surface area contributed by atoms with Gasteiger partial charge >= 0.3 is 12.1 Å². The molecule has 0 spiro atoms. The van der Waals surface area contributed by atoms with Crippen molar-refractivity contribution in [2.75, 3.05) is 20.3 Å². The number of hydrogen-bond donors (Lipinski definition) is 3. The first-order valence-corrected chi connectivity index (χ1v) is 18.4. The van der Waals surface area contributed by atoms with E-state index in [2.05, 4.69) is 31.5 Å². The fourth-order valence-electron chi connectivity index (χ4n) is 7.32. The number of fused-ring (bicyclic) bond motifs is 3. The molecular formula is C36H45BrN4O9. The maximum atomic E-state index is 14.4. The zero-order valence-electron chi connectivity index (χ0n) is 28.5. The molecule has 3 fully saturated rings. The molecular weight excluding hydrogens is 712 g/mol. The van der Waals surface area contributed by atoms with Gasteiger partial charge in [0.25, 0.3) is 0 Å². The molecule has 1 aromatic carbocycles. The van der Waals surface area contributed by atoms with Gasteiger partial charge in [0.15, 0.2) is 0 Å². The molecule has 13 nitrogen and oxygen atoms in total. The Labute approximate surface area is 299 Å². The maximum Gasteiger partial charge on any atom is 0.408 e. The van der Waals surface area contributed by atoms with Gasteiger partial charge in [-0.3, -0.25) is 9.59 Å². The normalized spacial score (nSPS) is 28.0. The number of hydrogen-bond acceptors (Lipinski definition) is 9. The Bertz CT molecular complexity index is 1650. The van der Waals surface area contributed by atoms with Gasteiger partial charge in [0.2, 0.25) is 17.7 Å². The lowest BCUT2D eigenvalue weighted by molar-refractivity contribution is -0.145. The first kappa shape index (κ1) is 35.7. The molecule has 0 radical (unpaired) electrons. The molecule has 14 heteroatoms. The number of carboxylic acid groups (broad SMARTS) is 1. The molecule has 5 atom stereocenters. The van der Waals surface area contributed by atoms with Crippen molar-refractivity contribution in [1.29, 1.82) is 0 Å². The summed E-state index contributed by atoms with van der Waals surface area (Å²) in [6.07, 6.45) is 9.71. The van der Waals surface area contributed by atoms with Gasteiger partial charge in [-0.25, -0.2) is 14.6 Å². The summed E-state index contributed by atoms with van der Waals surface area (Å²) in [5.41, 5.74) is -0.892. The summed E-state index contributed by atoms with van der Waals surface area (Å²) < 4.78 is 24.0. The van der Waals surface area contributed by atoms with E-state index in [1.165, 1.54) is 4.90 Å². The van der Waals surface area contributed by atoms with Crippen molar-refractivity contribution in [3.05, 3.63) is 34.8 Å². The van der Waals surface area contributed by atoms with Crippen LogP contribution in [0.15, 0.2) is 34.8 Å². The number of rotatable bonds is 8. The summed E-state index contributed by atoms with van der Waals surface area (Å²) in [5.74, 6) is -1.14. The first-order chi connectivity index (χ1) is 24.1. The number of carboxylic acids is 1. The number of benzene rings is 1. The maximum absolute atomic E-state index is 14.4. The minimum Gasteiger partial charge on any atom is -0.495 e. The van der Waals surface area contributed by atoms with E-state index in [0.717, 1.165) is 44.9 Å². The summed E-state index contributed by atoms with van der Waals surface area (Å²) in [6, 6.07) is 3.29. The number of carbonyl (C=O) groups is 4. The lowest BCUT2D eigenvalue weighted by Gasteiger charge is -2.29. The van der Waals surface area contributed by atoms with Crippen molar-refractivity contribution in [2.24, 2.45) is 5.92 Å². The molecule has 2 aromatic rings. The highest BCUT2D eigenvalue weighted by Gasteiger charge is 2.61. The SMILES string of the molecule is CCOc1cc(O[C@@H]2C[C@H]3C(=O)N[C@]4(C(=O)O)C[C@H]4/C=C\CCCCC[C@H](NC(=O)OC4CCCC4)C(=O)N3C2)c2ccc(OC)c(Br)c2n1. The van der Waals surface area contributed by atoms with Crippen LogP contribution in [0.25, 0.3) is 10.9 Å². The van der Waals surface area contributed by atoms with E-state index in [1.807, 2.05) is 25.1 Å². The second-order valence-electron chi connectivity index (χ2n) is 13.5. The average molecular weight is 758 g/mol. The van der Waals surface area contributed by atoms with Gasteiger partial charge in [-0.15, -0.1) is 0 Å². The van der Waals surface area contributed by atoms with E-state index in [1.54, 1.807) is 19.2 Å². The standard InChI is InChI=1S/C36H45BrN4O9/c1-3-48-29-18-28(24-15-16-27(47-2)30(37)31(24)39-29)49-23-17-26-32(42)40-36(34(44)45)19-21(36)11-7-5-4-6-8-14-25(33(43)41(26)20-23)38-35(46)50-22-12-9-10-13-22/h7,11,15-16,18,21-23,25-26H,3-6,8-10,12-14,17,19-20H2,1-2H3,(H,38,46)(H,40,42)(H,44,45)/b11-7-/t21-,23-,25+,26+,36-/m1/s1. The van der Waals surface area contributed by atoms with Gasteiger partial charge in [0.1, 0.15) is 41.3 Å². The summed E-state index contributed by atoms with van der Waals surface area (Å²) in [6.45, 7) is 2.24. The van der Waals surface area contributed by atoms with Crippen molar-refractivity contribution in [2.45, 2.75) is 107 Å². The predicted molar refractivity (Wildman–Crippen MR) is 186 cm³/mol. The number of alkyl carbamates (subject to hydrolysis) is 1. The van der Waals surface area contributed by atoms with Gasteiger partial charge in [0, 0.05) is 23.8 Å². The van der Waals surface area contributed by atoms with Crippen LogP contribution < -0.4 is 24.8 Å². The Balaban J connectivity index is 1.31. The van der Waals surface area contributed by atoms with Crippen LogP contribution in [0, 0.1) is 5.92 Å². The number of aromatic nitrogens is 1. The van der Waals surface area contributed by atoms with E-state index in [4.69, 9.17) is 18.9 Å². The molecule has 3 N–H and O–H groups in total. The van der Waals surface area contributed by atoms with E-state index in [9.17, 15) is 24.3 Å². The molecule has 270 valence electrons. The van der Waals surface area contributed by atoms with Gasteiger partial charge < -0.3 is 39.6 Å². The third-order valence-electron chi connectivity index (χ3n) is 10.1. The number of nitrogens with zero attached hydrogens (tertiary/aromatic N) is 2. The quantitative estimate of drug-likeness (QED) is 0.302. The van der Waals surface area contributed by atoms with Crippen molar-refractivity contribution >= 4 is 50.7 Å². The third kappa shape index (κ3) is 7.64.